The normalized spacial score (nSPS) is 10.4. The van der Waals surface area contributed by atoms with Gasteiger partial charge in [0, 0.05) is 17.1 Å². The Bertz CT molecular complexity index is 503. The lowest BCUT2D eigenvalue weighted by atomic mass is 10.1. The molecule has 3 N–H and O–H groups in total. The molecule has 0 atom stereocenters. The molecule has 1 aromatic heterocycles. The summed E-state index contributed by atoms with van der Waals surface area (Å²) in [7, 11) is 0. The molecule has 70 valence electrons. The van der Waals surface area contributed by atoms with Gasteiger partial charge in [-0.1, -0.05) is 18.2 Å². The van der Waals surface area contributed by atoms with Crippen molar-refractivity contribution in [2.24, 2.45) is 5.73 Å². The maximum absolute atomic E-state index is 7.44. The van der Waals surface area contributed by atoms with Crippen LogP contribution in [0.2, 0.25) is 0 Å². The minimum atomic E-state index is 0.0861. The Morgan fingerprint density at radius 2 is 2.14 bits per heavy atom. The molecule has 0 saturated carbocycles. The molecule has 0 aliphatic carbocycles. The Hall–Kier alpha value is -1.90. The number of nitrogens with two attached hydrogens (primary N) is 1. The highest BCUT2D eigenvalue weighted by Gasteiger charge is 2.04. The number of amidine groups is 1. The second kappa shape index (κ2) is 3.10. The summed E-state index contributed by atoms with van der Waals surface area (Å²) >= 11 is 0. The van der Waals surface area contributed by atoms with Gasteiger partial charge in [-0.2, -0.15) is 0 Å². The van der Waals surface area contributed by atoms with Crippen LogP contribution in [0, 0.1) is 12.3 Å². The monoisotopic (exact) mass is 185 g/mol. The number of para-hydroxylation sites is 1. The van der Waals surface area contributed by atoms with Crippen molar-refractivity contribution in [3.8, 4) is 0 Å². The number of benzene rings is 1. The number of aromatic nitrogens is 1. The van der Waals surface area contributed by atoms with Crippen molar-refractivity contribution in [2.75, 3.05) is 0 Å². The first-order chi connectivity index (χ1) is 6.70. The molecule has 0 aliphatic heterocycles. The van der Waals surface area contributed by atoms with Gasteiger partial charge in [-0.05, 0) is 18.6 Å². The number of rotatable bonds is 1. The highest BCUT2D eigenvalue weighted by Crippen LogP contribution is 2.18. The minimum Gasteiger partial charge on any atom is -0.384 e. The van der Waals surface area contributed by atoms with Crippen LogP contribution >= 0.6 is 0 Å². The van der Waals surface area contributed by atoms with Gasteiger partial charge < -0.3 is 5.73 Å². The second-order valence-corrected chi connectivity index (χ2v) is 3.24. The number of nitrogen functional groups attached to an aromatic ring is 1. The van der Waals surface area contributed by atoms with Crippen molar-refractivity contribution >= 4 is 16.7 Å². The Morgan fingerprint density at radius 1 is 1.36 bits per heavy atom. The Morgan fingerprint density at radius 3 is 2.86 bits per heavy atom. The molecule has 14 heavy (non-hydrogen) atoms. The smallest absolute Gasteiger partial charge is 0.123 e. The topological polar surface area (TPSA) is 62.8 Å². The van der Waals surface area contributed by atoms with E-state index in [9.17, 15) is 0 Å². The SMILES string of the molecule is Cc1cccc2c(C(=N)N)ccnc12. The van der Waals surface area contributed by atoms with Crippen molar-refractivity contribution in [3.05, 3.63) is 41.6 Å². The molecule has 0 unspecified atom stereocenters. The van der Waals surface area contributed by atoms with Crippen molar-refractivity contribution in [1.29, 1.82) is 5.41 Å². The lowest BCUT2D eigenvalue weighted by molar-refractivity contribution is 1.35. The number of nitrogens with one attached hydrogen (secondary N) is 1. The first-order valence-corrected chi connectivity index (χ1v) is 4.39. The lowest BCUT2D eigenvalue weighted by Crippen LogP contribution is -2.11. The van der Waals surface area contributed by atoms with Crippen LogP contribution in [0.3, 0.4) is 0 Å². The average Bonchev–Trinajstić information content (AvgIpc) is 2.17. The van der Waals surface area contributed by atoms with Gasteiger partial charge in [-0.3, -0.25) is 10.4 Å². The fraction of sp³-hybridized carbons (Fsp3) is 0.0909. The number of hydrogen-bond acceptors (Lipinski definition) is 2. The fourth-order valence-electron chi connectivity index (χ4n) is 1.56. The van der Waals surface area contributed by atoms with Gasteiger partial charge >= 0.3 is 0 Å². The first-order valence-electron chi connectivity index (χ1n) is 4.39. The van der Waals surface area contributed by atoms with E-state index >= 15 is 0 Å². The second-order valence-electron chi connectivity index (χ2n) is 3.24. The summed E-state index contributed by atoms with van der Waals surface area (Å²) < 4.78 is 0. The van der Waals surface area contributed by atoms with E-state index in [1.165, 1.54) is 0 Å². The Kier molecular flexibility index (Phi) is 1.93. The molecule has 1 aromatic carbocycles. The predicted octanol–water partition coefficient (Wildman–Crippen LogP) is 1.83. The van der Waals surface area contributed by atoms with Gasteiger partial charge in [0.25, 0.3) is 0 Å². The molecule has 0 fully saturated rings. The Balaban J connectivity index is 2.88. The molecule has 0 amide bonds. The molecule has 1 heterocycles. The zero-order valence-electron chi connectivity index (χ0n) is 7.91. The molecule has 0 spiro atoms. The van der Waals surface area contributed by atoms with Gasteiger partial charge in [-0.15, -0.1) is 0 Å². The molecule has 0 radical (unpaired) electrons. The van der Waals surface area contributed by atoms with Gasteiger partial charge in [0.05, 0.1) is 5.52 Å². The highest BCUT2D eigenvalue weighted by atomic mass is 14.7. The van der Waals surface area contributed by atoms with Crippen molar-refractivity contribution < 1.29 is 0 Å². The largest absolute Gasteiger partial charge is 0.384 e. The summed E-state index contributed by atoms with van der Waals surface area (Å²) in [5.41, 5.74) is 8.25. The van der Waals surface area contributed by atoms with E-state index in [1.807, 2.05) is 25.1 Å². The highest BCUT2D eigenvalue weighted by molar-refractivity contribution is 6.06. The molecule has 0 aliphatic rings. The van der Waals surface area contributed by atoms with Gasteiger partial charge in [-0.25, -0.2) is 0 Å². The Labute approximate surface area is 82.1 Å². The van der Waals surface area contributed by atoms with Gasteiger partial charge in [0.2, 0.25) is 0 Å². The molecular formula is C11H11N3. The number of hydrogen-bond donors (Lipinski definition) is 2. The standard InChI is InChI=1S/C11H11N3/c1-7-3-2-4-8-9(11(12)13)5-6-14-10(7)8/h2-6H,1H3,(H3,12,13). The molecule has 0 bridgehead atoms. The quantitative estimate of drug-likeness (QED) is 0.526. The average molecular weight is 185 g/mol. The van der Waals surface area contributed by atoms with Crippen LogP contribution in [0.15, 0.2) is 30.5 Å². The van der Waals surface area contributed by atoms with Gasteiger partial charge in [0.15, 0.2) is 0 Å². The van der Waals surface area contributed by atoms with E-state index in [0.717, 1.165) is 22.0 Å². The molecule has 3 nitrogen and oxygen atoms in total. The van der Waals surface area contributed by atoms with Crippen LogP contribution in [0.25, 0.3) is 10.9 Å². The summed E-state index contributed by atoms with van der Waals surface area (Å²) in [6.07, 6.45) is 1.69. The van der Waals surface area contributed by atoms with Gasteiger partial charge in [0.1, 0.15) is 5.84 Å². The number of pyridine rings is 1. The molecule has 2 rings (SSSR count). The predicted molar refractivity (Wildman–Crippen MR) is 57.5 cm³/mol. The number of nitrogens with zero attached hydrogens (tertiary/aromatic N) is 1. The zero-order valence-corrected chi connectivity index (χ0v) is 7.91. The van der Waals surface area contributed by atoms with E-state index in [-0.39, 0.29) is 5.84 Å². The maximum Gasteiger partial charge on any atom is 0.123 e. The van der Waals surface area contributed by atoms with E-state index in [2.05, 4.69) is 4.98 Å². The third-order valence-corrected chi connectivity index (χ3v) is 2.26. The van der Waals surface area contributed by atoms with E-state index < -0.39 is 0 Å². The first kappa shape index (κ1) is 8.69. The summed E-state index contributed by atoms with van der Waals surface area (Å²) in [5.74, 6) is 0.0861. The molecular weight excluding hydrogens is 174 g/mol. The lowest BCUT2D eigenvalue weighted by Gasteiger charge is -2.05. The minimum absolute atomic E-state index is 0.0861. The third-order valence-electron chi connectivity index (χ3n) is 2.26. The van der Waals surface area contributed by atoms with Crippen LogP contribution < -0.4 is 5.73 Å². The van der Waals surface area contributed by atoms with E-state index in [4.69, 9.17) is 11.1 Å². The zero-order chi connectivity index (χ0) is 10.1. The third kappa shape index (κ3) is 1.23. The van der Waals surface area contributed by atoms with Crippen LogP contribution in [0.1, 0.15) is 11.1 Å². The van der Waals surface area contributed by atoms with E-state index in [0.29, 0.717) is 0 Å². The number of aryl methyl sites for hydroxylation is 1. The van der Waals surface area contributed by atoms with Crippen molar-refractivity contribution in [2.45, 2.75) is 6.92 Å². The maximum atomic E-state index is 7.44. The van der Waals surface area contributed by atoms with Crippen LogP contribution in [0.5, 0.6) is 0 Å². The van der Waals surface area contributed by atoms with Crippen LogP contribution in [0.4, 0.5) is 0 Å². The fourth-order valence-corrected chi connectivity index (χ4v) is 1.56. The summed E-state index contributed by atoms with van der Waals surface area (Å²) in [4.78, 5) is 4.27. The molecule has 0 saturated heterocycles. The molecule has 3 heteroatoms. The van der Waals surface area contributed by atoms with Crippen molar-refractivity contribution in [3.63, 3.8) is 0 Å². The summed E-state index contributed by atoms with van der Waals surface area (Å²) in [5, 5.41) is 8.38. The van der Waals surface area contributed by atoms with Crippen LogP contribution in [-0.4, -0.2) is 10.8 Å². The van der Waals surface area contributed by atoms with E-state index in [1.54, 1.807) is 12.3 Å². The number of fused-ring (bicyclic) bond motifs is 1. The van der Waals surface area contributed by atoms with Crippen molar-refractivity contribution in [1.82, 2.24) is 4.98 Å². The summed E-state index contributed by atoms with van der Waals surface area (Å²) in [6.45, 7) is 2.00. The van der Waals surface area contributed by atoms with Crippen LogP contribution in [-0.2, 0) is 0 Å². The molecule has 2 aromatic rings. The summed E-state index contributed by atoms with van der Waals surface area (Å²) in [6, 6.07) is 7.65.